The van der Waals surface area contributed by atoms with Gasteiger partial charge in [-0.3, -0.25) is 38.6 Å². The number of anilines is 2. The van der Waals surface area contributed by atoms with E-state index in [1.54, 1.807) is 46.0 Å². The molecule has 5 aromatic carbocycles. The molecule has 0 saturated carbocycles. The summed E-state index contributed by atoms with van der Waals surface area (Å²) in [4.78, 5) is 89.9. The third-order valence-corrected chi connectivity index (χ3v) is 17.1. The van der Waals surface area contributed by atoms with Gasteiger partial charge in [0.05, 0.1) is 46.3 Å². The summed E-state index contributed by atoms with van der Waals surface area (Å²) in [6.45, 7) is 19.6. The summed E-state index contributed by atoms with van der Waals surface area (Å²) in [5.74, 6) is -1.72. The van der Waals surface area contributed by atoms with E-state index in [0.717, 1.165) is 128 Å². The maximum atomic E-state index is 14.9. The second-order valence-electron chi connectivity index (χ2n) is 25.9. The van der Waals surface area contributed by atoms with Gasteiger partial charge in [-0.2, -0.15) is 0 Å². The van der Waals surface area contributed by atoms with Crippen molar-refractivity contribution >= 4 is 68.4 Å². The average molecular weight is 1170 g/mol. The molecule has 7 aromatic rings. The van der Waals surface area contributed by atoms with Gasteiger partial charge in [-0.1, -0.05) is 207 Å². The van der Waals surface area contributed by atoms with Crippen LogP contribution in [0.5, 0.6) is 0 Å². The van der Waals surface area contributed by atoms with Gasteiger partial charge < -0.3 is 10.6 Å². The highest BCUT2D eigenvalue weighted by molar-refractivity contribution is 6.27. The van der Waals surface area contributed by atoms with Crippen molar-refractivity contribution in [2.45, 2.75) is 210 Å². The van der Waals surface area contributed by atoms with Crippen LogP contribution in [0.4, 0.5) is 11.4 Å². The SMILES string of the molecule is CCCCCCC(CCCCCC)N1C(=O)c2cccc3cc(-n4cc(-c5cc(-c6cn(-c7cc8c9c(cccc9c7)C(=O)N(C(CCCCCC)CCCCCC)C8=O)nn6)c(NC(=O)C(C)(C)C)cc5NC(=O)C(C)(C)C)nn4)cc(c23)C1=O. The van der Waals surface area contributed by atoms with E-state index in [9.17, 15) is 28.8 Å². The van der Waals surface area contributed by atoms with Crippen molar-refractivity contribution < 1.29 is 28.8 Å². The van der Waals surface area contributed by atoms with E-state index < -0.39 is 10.8 Å². The number of hydrogen-bond donors (Lipinski definition) is 2. The smallest absolute Gasteiger partial charge is 0.261 e. The lowest BCUT2D eigenvalue weighted by atomic mass is 9.90. The first-order valence-corrected chi connectivity index (χ1v) is 31.8. The second kappa shape index (κ2) is 27.2. The van der Waals surface area contributed by atoms with Gasteiger partial charge in [0.2, 0.25) is 11.8 Å². The van der Waals surface area contributed by atoms with Crippen LogP contribution in [0, 0.1) is 10.8 Å². The molecule has 0 unspecified atom stereocenters. The van der Waals surface area contributed by atoms with Crippen LogP contribution in [-0.2, 0) is 9.59 Å². The number of hydrogen-bond acceptors (Lipinski definition) is 10. The van der Waals surface area contributed by atoms with E-state index in [2.05, 4.69) is 48.8 Å². The molecule has 9 rings (SSSR count). The molecule has 4 heterocycles. The second-order valence-corrected chi connectivity index (χ2v) is 25.9. The Morgan fingerprint density at radius 2 is 0.779 bits per heavy atom. The molecule has 0 spiro atoms. The molecule has 0 fully saturated rings. The molecule has 2 aliphatic heterocycles. The molecule has 2 N–H and O–H groups in total. The van der Waals surface area contributed by atoms with E-state index in [0.29, 0.717) is 89.1 Å². The Morgan fingerprint density at radius 1 is 0.430 bits per heavy atom. The fourth-order valence-corrected chi connectivity index (χ4v) is 12.1. The van der Waals surface area contributed by atoms with Gasteiger partial charge in [-0.05, 0) is 85.0 Å². The molecule has 16 nitrogen and oxygen atoms in total. The first-order chi connectivity index (χ1) is 41.3. The van der Waals surface area contributed by atoms with Crippen molar-refractivity contribution in [1.82, 2.24) is 39.8 Å². The Morgan fingerprint density at radius 3 is 1.12 bits per heavy atom. The normalized spacial score (nSPS) is 13.6. The van der Waals surface area contributed by atoms with Crippen molar-refractivity contribution in [3.63, 3.8) is 0 Å². The zero-order chi connectivity index (χ0) is 61.5. The molecule has 0 radical (unpaired) electrons. The largest absolute Gasteiger partial charge is 0.325 e. The van der Waals surface area contributed by atoms with Crippen molar-refractivity contribution in [3.05, 3.63) is 107 Å². The van der Waals surface area contributed by atoms with Crippen LogP contribution >= 0.6 is 0 Å². The number of nitrogens with zero attached hydrogens (tertiary/aromatic N) is 8. The van der Waals surface area contributed by atoms with Gasteiger partial charge in [0, 0.05) is 55.9 Å². The third-order valence-electron chi connectivity index (χ3n) is 17.1. The highest BCUT2D eigenvalue weighted by Gasteiger charge is 2.40. The monoisotopic (exact) mass is 1160 g/mol. The number of nitrogens with one attached hydrogen (secondary N) is 2. The van der Waals surface area contributed by atoms with E-state index in [1.165, 1.54) is 9.80 Å². The highest BCUT2D eigenvalue weighted by Crippen LogP contribution is 2.42. The van der Waals surface area contributed by atoms with E-state index in [4.69, 9.17) is 10.2 Å². The van der Waals surface area contributed by atoms with Gasteiger partial charge in [0.1, 0.15) is 11.4 Å². The summed E-state index contributed by atoms with van der Waals surface area (Å²) in [5, 5.41) is 27.6. The summed E-state index contributed by atoms with van der Waals surface area (Å²) in [6, 6.07) is 21.6. The van der Waals surface area contributed by atoms with Crippen LogP contribution in [0.1, 0.15) is 239 Å². The number of rotatable bonds is 28. The first-order valence-electron chi connectivity index (χ1n) is 31.8. The van der Waals surface area contributed by atoms with Crippen LogP contribution in [0.25, 0.3) is 55.4 Å². The predicted molar refractivity (Wildman–Crippen MR) is 342 cm³/mol. The summed E-state index contributed by atoms with van der Waals surface area (Å²) < 4.78 is 3.18. The Balaban J connectivity index is 1.12. The molecule has 0 aliphatic carbocycles. The Labute approximate surface area is 507 Å². The fraction of sp³-hybridized carbons (Fsp3) is 0.486. The van der Waals surface area contributed by atoms with Crippen LogP contribution < -0.4 is 10.6 Å². The molecule has 86 heavy (non-hydrogen) atoms. The van der Waals surface area contributed by atoms with Gasteiger partial charge in [-0.15, -0.1) is 10.2 Å². The van der Waals surface area contributed by atoms with Crippen molar-refractivity contribution in [1.29, 1.82) is 0 Å². The Bertz CT molecular complexity index is 3400. The van der Waals surface area contributed by atoms with E-state index in [1.807, 2.05) is 90.1 Å². The minimum atomic E-state index is -0.821. The average Bonchev–Trinajstić information content (AvgIpc) is 1.93. The first kappa shape index (κ1) is 62.6. The summed E-state index contributed by atoms with van der Waals surface area (Å²) in [6.07, 6.45) is 23.1. The number of imide groups is 2. The molecule has 0 bridgehead atoms. The molecule has 0 saturated heterocycles. The molecule has 2 aliphatic rings. The van der Waals surface area contributed by atoms with Crippen LogP contribution in [0.15, 0.2) is 85.2 Å². The number of amides is 6. The van der Waals surface area contributed by atoms with Crippen LogP contribution in [0.2, 0.25) is 0 Å². The van der Waals surface area contributed by atoms with Crippen molar-refractivity contribution in [3.8, 4) is 33.9 Å². The summed E-state index contributed by atoms with van der Waals surface area (Å²) >= 11 is 0. The zero-order valence-corrected chi connectivity index (χ0v) is 52.4. The number of carbonyl (C=O) groups excluding carboxylic acids is 6. The maximum Gasteiger partial charge on any atom is 0.261 e. The van der Waals surface area contributed by atoms with Gasteiger partial charge in [0.15, 0.2) is 0 Å². The molecule has 6 amide bonds. The standard InChI is InChI=1S/C70H88N10O6/c1-11-15-19-23-31-47(32-24-20-16-12-2)79-63(81)51-35-27-29-45-37-49(39-55(61(45)51)65(79)83)77-43-59(73-75-77)53-41-54(58(72-68(86)70(8,9)10)42-57(53)71-67(85)69(5,6)7)60-44-78(76-74-60)50-38-46-30-28-36-52-62(46)56(40-50)66(84)80(64(52)82)48(33-25-21-17-13-3)34-26-22-18-14-4/h27-30,35-44,47-48H,11-26,31-34H2,1-10H3,(H,71,85)(H,72,86). The Hall–Kier alpha value is -7.88. The van der Waals surface area contributed by atoms with E-state index in [-0.39, 0.29) is 47.5 Å². The molecule has 16 heteroatoms. The lowest BCUT2D eigenvalue weighted by molar-refractivity contribution is -0.123. The number of benzene rings is 5. The molecule has 2 aromatic heterocycles. The summed E-state index contributed by atoms with van der Waals surface area (Å²) in [5.41, 5.74) is 3.63. The quantitative estimate of drug-likeness (QED) is 0.0352. The number of carbonyl (C=O) groups is 6. The lowest BCUT2D eigenvalue weighted by Gasteiger charge is -2.34. The van der Waals surface area contributed by atoms with Gasteiger partial charge in [0.25, 0.3) is 23.6 Å². The maximum absolute atomic E-state index is 14.9. The van der Waals surface area contributed by atoms with Crippen molar-refractivity contribution in [2.24, 2.45) is 10.8 Å². The van der Waals surface area contributed by atoms with Crippen molar-refractivity contribution in [2.75, 3.05) is 10.6 Å². The number of unbranched alkanes of at least 4 members (excludes halogenated alkanes) is 12. The minimum Gasteiger partial charge on any atom is -0.325 e. The molecule has 454 valence electrons. The lowest BCUT2D eigenvalue weighted by Crippen LogP contribution is -2.47. The highest BCUT2D eigenvalue weighted by atomic mass is 16.2. The topological polar surface area (TPSA) is 194 Å². The minimum absolute atomic E-state index is 0.231. The molecule has 0 atom stereocenters. The predicted octanol–water partition coefficient (Wildman–Crippen LogP) is 16.3. The van der Waals surface area contributed by atoms with Gasteiger partial charge >= 0.3 is 0 Å². The zero-order valence-electron chi connectivity index (χ0n) is 52.4. The van der Waals surface area contributed by atoms with Crippen LogP contribution in [-0.4, -0.2) is 87.3 Å². The fourth-order valence-electron chi connectivity index (χ4n) is 12.1. The summed E-state index contributed by atoms with van der Waals surface area (Å²) in [7, 11) is 0. The Kier molecular flexibility index (Phi) is 19.8. The van der Waals surface area contributed by atoms with Gasteiger partial charge in [-0.25, -0.2) is 9.36 Å². The number of aromatic nitrogens is 6. The molecular weight excluding hydrogens is 1080 g/mol. The molecular formula is C70H88N10O6. The van der Waals surface area contributed by atoms with E-state index >= 15 is 0 Å². The van der Waals surface area contributed by atoms with Crippen LogP contribution in [0.3, 0.4) is 0 Å². The third kappa shape index (κ3) is 13.5.